The number of imidazole rings is 1. The molecule has 0 atom stereocenters. The summed E-state index contributed by atoms with van der Waals surface area (Å²) in [5.74, 6) is 0.471. The van der Waals surface area contributed by atoms with Crippen LogP contribution in [-0.4, -0.2) is 18.7 Å². The Labute approximate surface area is 182 Å². The van der Waals surface area contributed by atoms with Crippen molar-refractivity contribution in [2.45, 2.75) is 13.1 Å². The van der Waals surface area contributed by atoms with Crippen molar-refractivity contribution < 1.29 is 0 Å². The van der Waals surface area contributed by atoms with Gasteiger partial charge < -0.3 is 5.32 Å². The van der Waals surface area contributed by atoms with E-state index >= 15 is 0 Å². The maximum absolute atomic E-state index is 12.9. The van der Waals surface area contributed by atoms with E-state index in [1.165, 1.54) is 11.6 Å². The van der Waals surface area contributed by atoms with Gasteiger partial charge >= 0.3 is 5.69 Å². The third kappa shape index (κ3) is 3.62. The van der Waals surface area contributed by atoms with Gasteiger partial charge in [0.15, 0.2) is 11.2 Å². The Morgan fingerprint density at radius 3 is 2.37 bits per heavy atom. The van der Waals surface area contributed by atoms with Crippen LogP contribution in [0, 0.1) is 0 Å². The second-order valence-electron chi connectivity index (χ2n) is 6.97. The Bertz CT molecular complexity index is 1350. The van der Waals surface area contributed by atoms with Crippen LogP contribution in [0.25, 0.3) is 11.2 Å². The van der Waals surface area contributed by atoms with Gasteiger partial charge in [-0.15, -0.1) is 0 Å². The van der Waals surface area contributed by atoms with Crippen LogP contribution in [0.3, 0.4) is 0 Å². The van der Waals surface area contributed by atoms with Crippen molar-refractivity contribution in [2.24, 2.45) is 14.1 Å². The number of aryl methyl sites for hydroxylation is 1. The van der Waals surface area contributed by atoms with Crippen LogP contribution in [0.1, 0.15) is 11.1 Å². The van der Waals surface area contributed by atoms with Crippen LogP contribution >= 0.6 is 23.2 Å². The minimum absolute atomic E-state index is 0.314. The summed E-state index contributed by atoms with van der Waals surface area (Å²) in [6.45, 7) is 0.795. The molecule has 0 saturated carbocycles. The number of nitrogens with one attached hydrogen (secondary N) is 1. The average molecular weight is 444 g/mol. The summed E-state index contributed by atoms with van der Waals surface area (Å²) >= 11 is 12.3. The average Bonchev–Trinajstić information content (AvgIpc) is 3.10. The van der Waals surface area contributed by atoms with Gasteiger partial charge in [0.2, 0.25) is 5.95 Å². The van der Waals surface area contributed by atoms with Crippen LogP contribution in [0.5, 0.6) is 0 Å². The highest BCUT2D eigenvalue weighted by Crippen LogP contribution is 2.22. The quantitative estimate of drug-likeness (QED) is 0.512. The molecular weight excluding hydrogens is 425 g/mol. The Balaban J connectivity index is 1.85. The van der Waals surface area contributed by atoms with E-state index in [9.17, 15) is 9.59 Å². The van der Waals surface area contributed by atoms with Gasteiger partial charge in [-0.25, -0.2) is 4.79 Å². The molecule has 0 radical (unpaired) electrons. The fourth-order valence-electron chi connectivity index (χ4n) is 3.32. The molecule has 0 spiro atoms. The first-order valence-corrected chi connectivity index (χ1v) is 10.0. The molecule has 4 rings (SSSR count). The third-order valence-electron chi connectivity index (χ3n) is 5.00. The highest BCUT2D eigenvalue weighted by atomic mass is 35.5. The number of hydrogen-bond donors (Lipinski definition) is 1. The lowest BCUT2D eigenvalue weighted by Crippen LogP contribution is -2.37. The Kier molecular flexibility index (Phi) is 5.40. The van der Waals surface area contributed by atoms with E-state index in [1.807, 2.05) is 42.5 Å². The molecule has 2 aromatic heterocycles. The molecule has 0 fully saturated rings. The first-order chi connectivity index (χ1) is 14.4. The van der Waals surface area contributed by atoms with Crippen molar-refractivity contribution in [1.29, 1.82) is 0 Å². The van der Waals surface area contributed by atoms with Gasteiger partial charge in [0.25, 0.3) is 5.56 Å². The van der Waals surface area contributed by atoms with E-state index in [4.69, 9.17) is 23.2 Å². The maximum atomic E-state index is 12.9. The molecule has 0 saturated heterocycles. The molecular formula is C21H19Cl2N5O2. The van der Waals surface area contributed by atoms with Crippen LogP contribution in [-0.2, 0) is 27.2 Å². The van der Waals surface area contributed by atoms with Crippen molar-refractivity contribution >= 4 is 40.3 Å². The summed E-state index contributed by atoms with van der Waals surface area (Å²) in [6, 6.07) is 14.9. The molecule has 0 unspecified atom stereocenters. The molecule has 0 bridgehead atoms. The fourth-order valence-corrected chi connectivity index (χ4v) is 3.64. The Morgan fingerprint density at radius 2 is 1.67 bits per heavy atom. The largest absolute Gasteiger partial charge is 0.351 e. The smallest absolute Gasteiger partial charge is 0.332 e. The van der Waals surface area contributed by atoms with E-state index in [2.05, 4.69) is 10.3 Å². The monoisotopic (exact) mass is 443 g/mol. The highest BCUT2D eigenvalue weighted by Gasteiger charge is 2.19. The number of halogens is 2. The lowest BCUT2D eigenvalue weighted by molar-refractivity contribution is 0.702. The molecule has 30 heavy (non-hydrogen) atoms. The number of aromatic nitrogens is 4. The minimum Gasteiger partial charge on any atom is -0.351 e. The van der Waals surface area contributed by atoms with Crippen molar-refractivity contribution in [3.63, 3.8) is 0 Å². The van der Waals surface area contributed by atoms with Gasteiger partial charge in [-0.1, -0.05) is 53.5 Å². The van der Waals surface area contributed by atoms with E-state index in [0.29, 0.717) is 40.2 Å². The van der Waals surface area contributed by atoms with E-state index in [1.54, 1.807) is 17.7 Å². The predicted octanol–water partition coefficient (Wildman–Crippen LogP) is 3.40. The third-order valence-corrected chi connectivity index (χ3v) is 5.62. The van der Waals surface area contributed by atoms with Crippen molar-refractivity contribution in [3.05, 3.63) is 90.5 Å². The van der Waals surface area contributed by atoms with Gasteiger partial charge in [0.05, 0.1) is 6.54 Å². The lowest BCUT2D eigenvalue weighted by atomic mass is 10.2. The van der Waals surface area contributed by atoms with E-state index < -0.39 is 11.2 Å². The van der Waals surface area contributed by atoms with Crippen LogP contribution in [0.4, 0.5) is 5.95 Å². The zero-order valence-corrected chi connectivity index (χ0v) is 17.9. The van der Waals surface area contributed by atoms with Gasteiger partial charge in [-0.05, 0) is 29.3 Å². The zero-order valence-electron chi connectivity index (χ0n) is 16.4. The van der Waals surface area contributed by atoms with Crippen molar-refractivity contribution in [2.75, 3.05) is 5.32 Å². The molecule has 154 valence electrons. The molecule has 2 heterocycles. The summed E-state index contributed by atoms with van der Waals surface area (Å²) in [7, 11) is 3.05. The number of anilines is 1. The van der Waals surface area contributed by atoms with Gasteiger partial charge in [-0.2, -0.15) is 4.98 Å². The molecule has 9 heteroatoms. The SMILES string of the molecule is Cn1c(=O)c2c(nc(NCc3ccc(Cl)cc3)n2Cc2ccccc2Cl)n(C)c1=O. The standard InChI is InChI=1S/C21H19Cl2N5O2/c1-26-18-17(19(29)27(2)21(26)30)28(12-14-5-3-4-6-16(14)23)20(25-18)24-11-13-7-9-15(22)10-8-13/h3-10H,11-12H2,1-2H3,(H,24,25). The number of rotatable bonds is 5. The normalized spacial score (nSPS) is 11.2. The van der Waals surface area contributed by atoms with Crippen LogP contribution < -0.4 is 16.6 Å². The second-order valence-corrected chi connectivity index (χ2v) is 7.81. The number of hydrogen-bond acceptors (Lipinski definition) is 4. The molecule has 1 N–H and O–H groups in total. The number of benzene rings is 2. The highest BCUT2D eigenvalue weighted by molar-refractivity contribution is 6.31. The maximum Gasteiger partial charge on any atom is 0.332 e. The number of nitrogens with zero attached hydrogens (tertiary/aromatic N) is 4. The number of fused-ring (bicyclic) bond motifs is 1. The first kappa shape index (κ1) is 20.3. The fraction of sp³-hybridized carbons (Fsp3) is 0.190. The molecule has 0 aliphatic carbocycles. The molecule has 0 aliphatic heterocycles. The van der Waals surface area contributed by atoms with E-state index in [-0.39, 0.29) is 0 Å². The molecule has 4 aromatic rings. The summed E-state index contributed by atoms with van der Waals surface area (Å²) < 4.78 is 4.21. The summed E-state index contributed by atoms with van der Waals surface area (Å²) in [6.07, 6.45) is 0. The predicted molar refractivity (Wildman–Crippen MR) is 120 cm³/mol. The van der Waals surface area contributed by atoms with Crippen LogP contribution in [0.15, 0.2) is 58.1 Å². The van der Waals surface area contributed by atoms with E-state index in [0.717, 1.165) is 15.7 Å². The minimum atomic E-state index is -0.431. The topological polar surface area (TPSA) is 73.8 Å². The zero-order chi connectivity index (χ0) is 21.4. The summed E-state index contributed by atoms with van der Waals surface area (Å²) in [5, 5.41) is 4.52. The summed E-state index contributed by atoms with van der Waals surface area (Å²) in [4.78, 5) is 29.9. The Hall–Kier alpha value is -3.03. The molecule has 0 amide bonds. The summed E-state index contributed by atoms with van der Waals surface area (Å²) in [5.41, 5.74) is 1.64. The van der Waals surface area contributed by atoms with Gasteiger partial charge in [-0.3, -0.25) is 18.5 Å². The van der Waals surface area contributed by atoms with Crippen molar-refractivity contribution in [3.8, 4) is 0 Å². The van der Waals surface area contributed by atoms with Gasteiger partial charge in [0, 0.05) is 30.7 Å². The van der Waals surface area contributed by atoms with Gasteiger partial charge in [0.1, 0.15) is 0 Å². The molecule has 0 aliphatic rings. The molecule has 7 nitrogen and oxygen atoms in total. The van der Waals surface area contributed by atoms with Crippen molar-refractivity contribution in [1.82, 2.24) is 18.7 Å². The lowest BCUT2D eigenvalue weighted by Gasteiger charge is -2.12. The second kappa shape index (κ2) is 8.01. The Morgan fingerprint density at radius 1 is 0.967 bits per heavy atom. The first-order valence-electron chi connectivity index (χ1n) is 9.25. The van der Waals surface area contributed by atoms with Crippen LogP contribution in [0.2, 0.25) is 10.0 Å². The molecule has 2 aromatic carbocycles.